The highest BCUT2D eigenvalue weighted by Gasteiger charge is 2.15. The van der Waals surface area contributed by atoms with Gasteiger partial charge in [0.15, 0.2) is 9.84 Å². The Balaban J connectivity index is 2.16. The van der Waals surface area contributed by atoms with Crippen molar-refractivity contribution in [2.45, 2.75) is 17.4 Å². The number of ether oxygens (including phenoxy) is 1. The molecule has 5 heteroatoms. The molecule has 0 aliphatic carbocycles. The van der Waals surface area contributed by atoms with Gasteiger partial charge in [-0.25, -0.2) is 8.42 Å². The van der Waals surface area contributed by atoms with E-state index in [1.54, 1.807) is 18.2 Å². The fraction of sp³-hybridized carbons (Fsp3) is 0.455. The lowest BCUT2D eigenvalue weighted by molar-refractivity contribution is 0.195. The van der Waals surface area contributed by atoms with Gasteiger partial charge in [-0.2, -0.15) is 0 Å². The second-order valence-electron chi connectivity index (χ2n) is 4.00. The number of sulfone groups is 1. The average molecular weight is 241 g/mol. The van der Waals surface area contributed by atoms with Crippen LogP contribution in [0.5, 0.6) is 0 Å². The second-order valence-corrected chi connectivity index (χ2v) is 6.02. The predicted molar refractivity (Wildman–Crippen MR) is 62.4 cm³/mol. The Bertz CT molecular complexity index is 464. The van der Waals surface area contributed by atoms with Crippen LogP contribution in [-0.4, -0.2) is 33.9 Å². The van der Waals surface area contributed by atoms with Crippen LogP contribution in [0.15, 0.2) is 29.2 Å². The third kappa shape index (κ3) is 2.74. The van der Waals surface area contributed by atoms with Crippen molar-refractivity contribution in [1.29, 1.82) is 0 Å². The summed E-state index contributed by atoms with van der Waals surface area (Å²) in [5, 5.41) is 3.26. The summed E-state index contributed by atoms with van der Waals surface area (Å²) >= 11 is 0. The zero-order valence-corrected chi connectivity index (χ0v) is 9.96. The van der Waals surface area contributed by atoms with Crippen LogP contribution >= 0.6 is 0 Å². The first-order valence-electron chi connectivity index (χ1n) is 5.20. The first-order valence-corrected chi connectivity index (χ1v) is 7.09. The van der Waals surface area contributed by atoms with E-state index in [4.69, 9.17) is 4.74 Å². The Morgan fingerprint density at radius 3 is 2.88 bits per heavy atom. The normalized spacial score (nSPS) is 20.9. The summed E-state index contributed by atoms with van der Waals surface area (Å²) < 4.78 is 28.0. The van der Waals surface area contributed by atoms with Gasteiger partial charge in [-0.1, -0.05) is 6.07 Å². The van der Waals surface area contributed by atoms with Crippen LogP contribution in [0.25, 0.3) is 0 Å². The van der Waals surface area contributed by atoms with Crippen LogP contribution < -0.4 is 5.32 Å². The van der Waals surface area contributed by atoms with E-state index in [9.17, 15) is 8.42 Å². The molecule has 0 amide bonds. The van der Waals surface area contributed by atoms with Crippen LogP contribution in [0.4, 0.5) is 5.69 Å². The number of anilines is 1. The van der Waals surface area contributed by atoms with Gasteiger partial charge in [-0.3, -0.25) is 0 Å². The Kier molecular flexibility index (Phi) is 3.16. The summed E-state index contributed by atoms with van der Waals surface area (Å²) in [5.74, 6) is 0. The smallest absolute Gasteiger partial charge is 0.175 e. The first-order chi connectivity index (χ1) is 7.55. The minimum absolute atomic E-state index is 0.287. The van der Waals surface area contributed by atoms with Crippen molar-refractivity contribution in [3.05, 3.63) is 24.3 Å². The fourth-order valence-electron chi connectivity index (χ4n) is 1.70. The molecule has 1 aromatic carbocycles. The van der Waals surface area contributed by atoms with Crippen LogP contribution in [0.1, 0.15) is 6.42 Å². The Morgan fingerprint density at radius 2 is 2.25 bits per heavy atom. The molecule has 2 rings (SSSR count). The Hall–Kier alpha value is -1.07. The SMILES string of the molecule is CS(=O)(=O)c1cccc(NC2CCOC2)c1. The predicted octanol–water partition coefficient (Wildman–Crippen LogP) is 1.29. The monoisotopic (exact) mass is 241 g/mol. The summed E-state index contributed by atoms with van der Waals surface area (Å²) in [4.78, 5) is 0.344. The highest BCUT2D eigenvalue weighted by molar-refractivity contribution is 7.90. The summed E-state index contributed by atoms with van der Waals surface area (Å²) in [6, 6.07) is 7.16. The van der Waals surface area contributed by atoms with Gasteiger partial charge >= 0.3 is 0 Å². The maximum absolute atomic E-state index is 11.4. The van der Waals surface area contributed by atoms with Crippen LogP contribution in [-0.2, 0) is 14.6 Å². The molecule has 0 aromatic heterocycles. The number of hydrogen-bond donors (Lipinski definition) is 1. The van der Waals surface area contributed by atoms with E-state index >= 15 is 0 Å². The van der Waals surface area contributed by atoms with Crippen molar-refractivity contribution < 1.29 is 13.2 Å². The molecule has 0 bridgehead atoms. The Morgan fingerprint density at radius 1 is 1.44 bits per heavy atom. The lowest BCUT2D eigenvalue weighted by Gasteiger charge is -2.12. The largest absolute Gasteiger partial charge is 0.380 e. The van der Waals surface area contributed by atoms with Gasteiger partial charge in [0.2, 0.25) is 0 Å². The zero-order valence-electron chi connectivity index (χ0n) is 9.14. The topological polar surface area (TPSA) is 55.4 Å². The maximum atomic E-state index is 11.4. The highest BCUT2D eigenvalue weighted by Crippen LogP contribution is 2.18. The lowest BCUT2D eigenvalue weighted by atomic mass is 10.2. The van der Waals surface area contributed by atoms with E-state index in [1.807, 2.05) is 6.07 Å². The van der Waals surface area contributed by atoms with Crippen molar-refractivity contribution >= 4 is 15.5 Å². The third-order valence-corrected chi connectivity index (χ3v) is 3.67. The second kappa shape index (κ2) is 4.43. The number of nitrogens with one attached hydrogen (secondary N) is 1. The Labute approximate surface area is 95.5 Å². The molecule has 88 valence electrons. The molecular formula is C11H15NO3S. The van der Waals surface area contributed by atoms with Gasteiger partial charge < -0.3 is 10.1 Å². The number of hydrogen-bond acceptors (Lipinski definition) is 4. The van der Waals surface area contributed by atoms with Crippen LogP contribution in [0.3, 0.4) is 0 Å². The third-order valence-electron chi connectivity index (χ3n) is 2.56. The quantitative estimate of drug-likeness (QED) is 0.866. The van der Waals surface area contributed by atoms with Crippen molar-refractivity contribution in [2.75, 3.05) is 24.8 Å². The van der Waals surface area contributed by atoms with Crippen molar-refractivity contribution in [1.82, 2.24) is 0 Å². The van der Waals surface area contributed by atoms with E-state index in [0.29, 0.717) is 11.5 Å². The molecule has 1 aromatic rings. The number of rotatable bonds is 3. The average Bonchev–Trinajstić information content (AvgIpc) is 2.70. The summed E-state index contributed by atoms with van der Waals surface area (Å²) in [6.45, 7) is 1.45. The van der Waals surface area contributed by atoms with E-state index in [1.165, 1.54) is 6.26 Å². The molecule has 1 aliphatic heterocycles. The summed E-state index contributed by atoms with van der Waals surface area (Å²) in [6.07, 6.45) is 2.17. The molecule has 1 fully saturated rings. The number of benzene rings is 1. The first kappa shape index (κ1) is 11.4. The maximum Gasteiger partial charge on any atom is 0.175 e. The van der Waals surface area contributed by atoms with Gasteiger partial charge in [-0.05, 0) is 24.6 Å². The van der Waals surface area contributed by atoms with Gasteiger partial charge in [0.1, 0.15) is 0 Å². The lowest BCUT2D eigenvalue weighted by Crippen LogP contribution is -2.18. The van der Waals surface area contributed by atoms with Gasteiger partial charge in [0, 0.05) is 18.6 Å². The van der Waals surface area contributed by atoms with Crippen LogP contribution in [0.2, 0.25) is 0 Å². The van der Waals surface area contributed by atoms with E-state index in [0.717, 1.165) is 18.7 Å². The molecule has 0 radical (unpaired) electrons. The van der Waals surface area contributed by atoms with E-state index < -0.39 is 9.84 Å². The standard InChI is InChI=1S/C11H15NO3S/c1-16(13,14)11-4-2-3-9(7-11)12-10-5-6-15-8-10/h2-4,7,10,12H,5-6,8H2,1H3. The molecule has 1 N–H and O–H groups in total. The van der Waals surface area contributed by atoms with Gasteiger partial charge in [0.05, 0.1) is 17.5 Å². The van der Waals surface area contributed by atoms with Gasteiger partial charge in [0.25, 0.3) is 0 Å². The van der Waals surface area contributed by atoms with E-state index in [2.05, 4.69) is 5.32 Å². The van der Waals surface area contributed by atoms with Crippen LogP contribution in [0, 0.1) is 0 Å². The molecule has 16 heavy (non-hydrogen) atoms. The highest BCUT2D eigenvalue weighted by atomic mass is 32.2. The molecule has 1 saturated heterocycles. The molecular weight excluding hydrogens is 226 g/mol. The van der Waals surface area contributed by atoms with Crippen molar-refractivity contribution in [3.8, 4) is 0 Å². The molecule has 0 saturated carbocycles. The molecule has 4 nitrogen and oxygen atoms in total. The minimum Gasteiger partial charge on any atom is -0.380 e. The summed E-state index contributed by atoms with van der Waals surface area (Å²) in [5.41, 5.74) is 0.832. The molecule has 1 heterocycles. The zero-order chi connectivity index (χ0) is 11.6. The molecule has 1 unspecified atom stereocenters. The minimum atomic E-state index is -3.13. The van der Waals surface area contributed by atoms with E-state index in [-0.39, 0.29) is 6.04 Å². The van der Waals surface area contributed by atoms with Gasteiger partial charge in [-0.15, -0.1) is 0 Å². The summed E-state index contributed by atoms with van der Waals surface area (Å²) in [7, 11) is -3.13. The molecule has 1 aliphatic rings. The fourth-order valence-corrected chi connectivity index (χ4v) is 2.37. The molecule has 0 spiro atoms. The van der Waals surface area contributed by atoms with Crippen molar-refractivity contribution in [3.63, 3.8) is 0 Å². The molecule has 1 atom stereocenters. The van der Waals surface area contributed by atoms with Crippen molar-refractivity contribution in [2.24, 2.45) is 0 Å².